The third-order valence-corrected chi connectivity index (χ3v) is 6.34. The number of nitrogens with zero attached hydrogens (tertiary/aromatic N) is 5. The predicted molar refractivity (Wildman–Crippen MR) is 102 cm³/mol. The molecular weight excluding hydrogens is 324 g/mol. The normalized spacial score (nSPS) is 30.4. The second kappa shape index (κ2) is 5.91. The molecule has 2 saturated heterocycles. The number of aryl methyl sites for hydroxylation is 1. The first-order chi connectivity index (χ1) is 12.6. The van der Waals surface area contributed by atoms with Crippen LogP contribution in [0.4, 0.5) is 11.9 Å². The minimum Gasteiger partial charge on any atom is -0.339 e. The molecule has 1 aromatic heterocycles. The van der Waals surface area contributed by atoms with Gasteiger partial charge in [0.1, 0.15) is 6.33 Å². The van der Waals surface area contributed by atoms with Crippen molar-refractivity contribution in [1.29, 1.82) is 0 Å². The largest absolute Gasteiger partial charge is 0.339 e. The minimum atomic E-state index is 0.216. The van der Waals surface area contributed by atoms with Gasteiger partial charge in [-0.05, 0) is 37.7 Å². The van der Waals surface area contributed by atoms with Gasteiger partial charge in [0.15, 0.2) is 0 Å². The molecule has 6 nitrogen and oxygen atoms in total. The minimum absolute atomic E-state index is 0.216. The third kappa shape index (κ3) is 2.63. The fourth-order valence-corrected chi connectivity index (χ4v) is 4.74. The zero-order valence-electron chi connectivity index (χ0n) is 15.3. The highest BCUT2D eigenvalue weighted by atomic mass is 15.4. The van der Waals surface area contributed by atoms with E-state index in [1.165, 1.54) is 17.5 Å². The standard InChI is InChI=1S/C20H26N6/c1-14-4-6-15(7-5-14)20-9-16(20)10-26(12-20)19-23-13-22-18(24-19)25-8-2-3-17(21)11-25/h4-7,13,16-17H,2-3,8-12,21H2,1H3/t16-,17?,20+/m0/s1. The molecule has 3 aliphatic rings. The monoisotopic (exact) mass is 350 g/mol. The molecule has 0 amide bonds. The molecule has 0 spiro atoms. The average Bonchev–Trinajstić information content (AvgIpc) is 3.23. The van der Waals surface area contributed by atoms with E-state index in [1.807, 2.05) is 0 Å². The molecule has 2 aliphatic heterocycles. The molecular formula is C20H26N6. The fourth-order valence-electron chi connectivity index (χ4n) is 4.74. The highest BCUT2D eigenvalue weighted by molar-refractivity contribution is 5.48. The highest BCUT2D eigenvalue weighted by Gasteiger charge is 2.61. The lowest BCUT2D eigenvalue weighted by atomic mass is 9.94. The van der Waals surface area contributed by atoms with Gasteiger partial charge in [-0.25, -0.2) is 9.97 Å². The first kappa shape index (κ1) is 16.0. The summed E-state index contributed by atoms with van der Waals surface area (Å²) in [6.45, 7) is 6.00. The first-order valence-corrected chi connectivity index (χ1v) is 9.66. The molecule has 2 N–H and O–H groups in total. The Hall–Kier alpha value is -2.21. The predicted octanol–water partition coefficient (Wildman–Crippen LogP) is 1.89. The van der Waals surface area contributed by atoms with Crippen molar-refractivity contribution in [3.8, 4) is 0 Å². The Labute approximate surface area is 154 Å². The van der Waals surface area contributed by atoms with E-state index in [1.54, 1.807) is 6.33 Å². The van der Waals surface area contributed by atoms with E-state index in [0.29, 0.717) is 11.3 Å². The van der Waals surface area contributed by atoms with E-state index in [9.17, 15) is 0 Å². The molecule has 3 heterocycles. The Morgan fingerprint density at radius 2 is 1.85 bits per heavy atom. The van der Waals surface area contributed by atoms with Crippen LogP contribution in [-0.2, 0) is 5.41 Å². The second-order valence-electron chi connectivity index (χ2n) is 8.24. The van der Waals surface area contributed by atoms with Gasteiger partial charge in [-0.2, -0.15) is 4.98 Å². The zero-order valence-corrected chi connectivity index (χ0v) is 15.3. The molecule has 0 radical (unpaired) electrons. The zero-order chi connectivity index (χ0) is 17.7. The van der Waals surface area contributed by atoms with Crippen LogP contribution in [0, 0.1) is 12.8 Å². The van der Waals surface area contributed by atoms with Crippen LogP contribution >= 0.6 is 0 Å². The molecule has 1 aromatic carbocycles. The molecule has 0 bridgehead atoms. The molecule has 1 saturated carbocycles. The summed E-state index contributed by atoms with van der Waals surface area (Å²) >= 11 is 0. The third-order valence-electron chi connectivity index (χ3n) is 6.34. The van der Waals surface area contributed by atoms with Crippen LogP contribution in [0.25, 0.3) is 0 Å². The number of fused-ring (bicyclic) bond motifs is 1. The summed E-state index contributed by atoms with van der Waals surface area (Å²) in [6, 6.07) is 9.26. The average molecular weight is 350 g/mol. The van der Waals surface area contributed by atoms with Gasteiger partial charge in [0.05, 0.1) is 0 Å². The van der Waals surface area contributed by atoms with E-state index in [4.69, 9.17) is 10.7 Å². The van der Waals surface area contributed by atoms with Crippen molar-refractivity contribution in [1.82, 2.24) is 15.0 Å². The Balaban J connectivity index is 1.35. The molecule has 6 heteroatoms. The lowest BCUT2D eigenvalue weighted by Gasteiger charge is -2.31. The number of piperidine rings is 2. The van der Waals surface area contributed by atoms with E-state index in [0.717, 1.165) is 50.9 Å². The van der Waals surface area contributed by atoms with Crippen LogP contribution in [0.15, 0.2) is 30.6 Å². The number of anilines is 2. The number of hydrogen-bond acceptors (Lipinski definition) is 6. The van der Waals surface area contributed by atoms with Crippen LogP contribution < -0.4 is 15.5 Å². The van der Waals surface area contributed by atoms with Crippen LogP contribution in [-0.4, -0.2) is 47.2 Å². The smallest absolute Gasteiger partial charge is 0.230 e. The van der Waals surface area contributed by atoms with Crippen molar-refractivity contribution < 1.29 is 0 Å². The summed E-state index contributed by atoms with van der Waals surface area (Å²) in [4.78, 5) is 18.2. The van der Waals surface area contributed by atoms with Gasteiger partial charge in [0.2, 0.25) is 11.9 Å². The van der Waals surface area contributed by atoms with Crippen molar-refractivity contribution >= 4 is 11.9 Å². The fraction of sp³-hybridized carbons (Fsp3) is 0.550. The van der Waals surface area contributed by atoms with Gasteiger partial charge in [-0.15, -0.1) is 0 Å². The number of hydrogen-bond donors (Lipinski definition) is 1. The summed E-state index contributed by atoms with van der Waals surface area (Å²) in [5, 5.41) is 0. The maximum Gasteiger partial charge on any atom is 0.230 e. The van der Waals surface area contributed by atoms with E-state index < -0.39 is 0 Å². The first-order valence-electron chi connectivity index (χ1n) is 9.66. The number of aromatic nitrogens is 3. The Morgan fingerprint density at radius 1 is 1.08 bits per heavy atom. The Bertz CT molecular complexity index is 806. The lowest BCUT2D eigenvalue weighted by molar-refractivity contribution is 0.499. The van der Waals surface area contributed by atoms with Crippen molar-refractivity contribution in [2.75, 3.05) is 36.0 Å². The molecule has 1 aliphatic carbocycles. The van der Waals surface area contributed by atoms with Gasteiger partial charge in [0.25, 0.3) is 0 Å². The highest BCUT2D eigenvalue weighted by Crippen LogP contribution is 2.59. The Morgan fingerprint density at radius 3 is 2.62 bits per heavy atom. The van der Waals surface area contributed by atoms with Gasteiger partial charge in [-0.3, -0.25) is 0 Å². The lowest BCUT2D eigenvalue weighted by Crippen LogP contribution is -2.43. The molecule has 3 fully saturated rings. The topological polar surface area (TPSA) is 71.2 Å². The maximum absolute atomic E-state index is 6.12. The van der Waals surface area contributed by atoms with Crippen LogP contribution in [0.3, 0.4) is 0 Å². The quantitative estimate of drug-likeness (QED) is 0.911. The summed E-state index contributed by atoms with van der Waals surface area (Å²) in [6.07, 6.45) is 5.12. The van der Waals surface area contributed by atoms with E-state index >= 15 is 0 Å². The van der Waals surface area contributed by atoms with Gasteiger partial charge < -0.3 is 15.5 Å². The molecule has 1 unspecified atom stereocenters. The Kier molecular flexibility index (Phi) is 3.64. The van der Waals surface area contributed by atoms with Gasteiger partial charge >= 0.3 is 0 Å². The summed E-state index contributed by atoms with van der Waals surface area (Å²) in [5.41, 5.74) is 9.20. The van der Waals surface area contributed by atoms with Crippen LogP contribution in [0.1, 0.15) is 30.4 Å². The summed E-state index contributed by atoms with van der Waals surface area (Å²) in [7, 11) is 0. The van der Waals surface area contributed by atoms with Crippen molar-refractivity contribution in [3.05, 3.63) is 41.7 Å². The maximum atomic E-state index is 6.12. The molecule has 26 heavy (non-hydrogen) atoms. The molecule has 3 atom stereocenters. The summed E-state index contributed by atoms with van der Waals surface area (Å²) in [5.74, 6) is 2.30. The van der Waals surface area contributed by atoms with Crippen LogP contribution in [0.2, 0.25) is 0 Å². The van der Waals surface area contributed by atoms with E-state index in [2.05, 4.69) is 51.0 Å². The molecule has 2 aromatic rings. The number of rotatable bonds is 3. The van der Waals surface area contributed by atoms with Gasteiger partial charge in [-0.1, -0.05) is 29.8 Å². The second-order valence-corrected chi connectivity index (χ2v) is 8.24. The van der Waals surface area contributed by atoms with Crippen molar-refractivity contribution in [2.45, 2.75) is 37.6 Å². The number of benzene rings is 1. The molecule has 136 valence electrons. The summed E-state index contributed by atoms with van der Waals surface area (Å²) < 4.78 is 0. The SMILES string of the molecule is Cc1ccc([C@]23C[C@H]2CN(c2ncnc(N4CCCC(N)C4)n2)C3)cc1. The van der Waals surface area contributed by atoms with Crippen molar-refractivity contribution in [2.24, 2.45) is 11.7 Å². The van der Waals surface area contributed by atoms with Gasteiger partial charge in [0, 0.05) is 37.6 Å². The van der Waals surface area contributed by atoms with Crippen molar-refractivity contribution in [3.63, 3.8) is 0 Å². The van der Waals surface area contributed by atoms with Crippen LogP contribution in [0.5, 0.6) is 0 Å². The number of nitrogens with two attached hydrogens (primary N) is 1. The molecule has 5 rings (SSSR count). The van der Waals surface area contributed by atoms with E-state index in [-0.39, 0.29) is 6.04 Å².